The SMILES string of the molecule is CO[SiH2]C=C(C)C(=O)O. The molecule has 4 heteroatoms. The van der Waals surface area contributed by atoms with E-state index >= 15 is 0 Å². The Bertz CT molecular complexity index is 130. The summed E-state index contributed by atoms with van der Waals surface area (Å²) in [6.45, 7) is 1.56. The topological polar surface area (TPSA) is 46.5 Å². The van der Waals surface area contributed by atoms with Gasteiger partial charge in [0.05, 0.1) is 0 Å². The summed E-state index contributed by atoms with van der Waals surface area (Å²) in [6, 6.07) is 0. The molecule has 0 heterocycles. The highest BCUT2D eigenvalue weighted by molar-refractivity contribution is 6.35. The van der Waals surface area contributed by atoms with Crippen molar-refractivity contribution < 1.29 is 14.3 Å². The van der Waals surface area contributed by atoms with Gasteiger partial charge in [0, 0.05) is 12.7 Å². The first kappa shape index (κ1) is 8.39. The molecule has 0 bridgehead atoms. The van der Waals surface area contributed by atoms with Crippen LogP contribution in [0.3, 0.4) is 0 Å². The second-order valence-electron chi connectivity index (χ2n) is 1.65. The lowest BCUT2D eigenvalue weighted by atomic mass is 10.4. The van der Waals surface area contributed by atoms with Crippen LogP contribution in [0.25, 0.3) is 0 Å². The van der Waals surface area contributed by atoms with Gasteiger partial charge in [0.25, 0.3) is 0 Å². The van der Waals surface area contributed by atoms with Crippen LogP contribution in [0.15, 0.2) is 11.3 Å². The second-order valence-corrected chi connectivity index (χ2v) is 2.97. The van der Waals surface area contributed by atoms with E-state index in [1.54, 1.807) is 19.7 Å². The largest absolute Gasteiger partial charge is 0.478 e. The molecule has 1 N–H and O–H groups in total. The fourth-order valence-corrected chi connectivity index (χ4v) is 0.887. The minimum Gasteiger partial charge on any atom is -0.478 e. The summed E-state index contributed by atoms with van der Waals surface area (Å²) >= 11 is 0. The Balaban J connectivity index is 3.69. The number of rotatable bonds is 3. The lowest BCUT2D eigenvalue weighted by Gasteiger charge is -1.90. The van der Waals surface area contributed by atoms with E-state index in [9.17, 15) is 4.79 Å². The molecule has 0 saturated heterocycles. The van der Waals surface area contributed by atoms with Crippen molar-refractivity contribution in [2.75, 3.05) is 7.11 Å². The van der Waals surface area contributed by atoms with E-state index in [0.29, 0.717) is 5.57 Å². The molecule has 0 aliphatic carbocycles. The van der Waals surface area contributed by atoms with Crippen molar-refractivity contribution in [2.24, 2.45) is 0 Å². The second kappa shape index (κ2) is 4.28. The first-order valence-corrected chi connectivity index (χ1v) is 3.97. The van der Waals surface area contributed by atoms with Gasteiger partial charge in [-0.3, -0.25) is 0 Å². The molecule has 0 spiro atoms. The Morgan fingerprint density at radius 2 is 2.33 bits per heavy atom. The number of hydrogen-bond acceptors (Lipinski definition) is 2. The summed E-state index contributed by atoms with van der Waals surface area (Å²) in [6.07, 6.45) is 0. The van der Waals surface area contributed by atoms with E-state index in [2.05, 4.69) is 0 Å². The Labute approximate surface area is 56.3 Å². The number of hydrogen-bond donors (Lipinski definition) is 1. The molecule has 0 aromatic heterocycles. The van der Waals surface area contributed by atoms with Crippen LogP contribution in [-0.2, 0) is 9.22 Å². The summed E-state index contributed by atoms with van der Waals surface area (Å²) in [5.74, 6) is -0.862. The number of aliphatic carboxylic acids is 1. The normalized spacial score (nSPS) is 12.9. The van der Waals surface area contributed by atoms with Gasteiger partial charge in [-0.25, -0.2) is 4.79 Å². The van der Waals surface area contributed by atoms with Gasteiger partial charge in [0.15, 0.2) is 9.76 Å². The summed E-state index contributed by atoms with van der Waals surface area (Å²) in [4.78, 5) is 10.1. The van der Waals surface area contributed by atoms with Crippen molar-refractivity contribution in [3.8, 4) is 0 Å². The predicted octanol–water partition coefficient (Wildman–Crippen LogP) is -0.295. The molecule has 0 radical (unpaired) electrons. The summed E-state index contributed by atoms with van der Waals surface area (Å²) in [5, 5.41) is 8.31. The number of carboxylic acids is 1. The summed E-state index contributed by atoms with van der Waals surface area (Å²) < 4.78 is 4.76. The molecule has 52 valence electrons. The van der Waals surface area contributed by atoms with E-state index in [4.69, 9.17) is 9.53 Å². The average molecular weight is 146 g/mol. The van der Waals surface area contributed by atoms with Crippen molar-refractivity contribution in [1.29, 1.82) is 0 Å². The molecule has 0 amide bonds. The molecular weight excluding hydrogens is 136 g/mol. The molecule has 0 saturated carbocycles. The van der Waals surface area contributed by atoms with E-state index in [0.717, 1.165) is 0 Å². The molecule has 3 nitrogen and oxygen atoms in total. The Morgan fingerprint density at radius 1 is 1.78 bits per heavy atom. The third-order valence-electron chi connectivity index (χ3n) is 0.894. The zero-order chi connectivity index (χ0) is 7.28. The molecular formula is C5H10O3Si. The quantitative estimate of drug-likeness (QED) is 0.439. The smallest absolute Gasteiger partial charge is 0.330 e. The standard InChI is InChI=1S/C5H10O3Si/c1-4(5(6)7)3-9-8-2/h3H,9H2,1-2H3,(H,6,7). The van der Waals surface area contributed by atoms with Crippen LogP contribution < -0.4 is 0 Å². The molecule has 9 heavy (non-hydrogen) atoms. The van der Waals surface area contributed by atoms with Crippen molar-refractivity contribution in [2.45, 2.75) is 6.92 Å². The van der Waals surface area contributed by atoms with Crippen LogP contribution in [0.5, 0.6) is 0 Å². The Kier molecular flexibility index (Phi) is 3.99. The maximum atomic E-state index is 10.1. The lowest BCUT2D eigenvalue weighted by molar-refractivity contribution is -0.132. The van der Waals surface area contributed by atoms with Crippen LogP contribution in [0.1, 0.15) is 6.92 Å². The predicted molar refractivity (Wildman–Crippen MR) is 36.9 cm³/mol. The minimum atomic E-state index is -0.862. The number of carbonyl (C=O) groups is 1. The highest BCUT2D eigenvalue weighted by Crippen LogP contribution is 1.88. The summed E-state index contributed by atoms with van der Waals surface area (Å²) in [7, 11) is 0.870. The monoisotopic (exact) mass is 146 g/mol. The van der Waals surface area contributed by atoms with Crippen molar-refractivity contribution in [3.63, 3.8) is 0 Å². The summed E-state index contributed by atoms with van der Waals surface area (Å²) in [5.41, 5.74) is 2.03. The molecule has 0 atom stereocenters. The molecule has 0 aromatic rings. The van der Waals surface area contributed by atoms with Gasteiger partial charge in [0.1, 0.15) is 0 Å². The van der Waals surface area contributed by atoms with E-state index in [-0.39, 0.29) is 0 Å². The van der Waals surface area contributed by atoms with E-state index in [1.807, 2.05) is 0 Å². The van der Waals surface area contributed by atoms with Crippen LogP contribution in [0, 0.1) is 0 Å². The maximum absolute atomic E-state index is 10.1. The zero-order valence-corrected chi connectivity index (χ0v) is 6.96. The third-order valence-corrected chi connectivity index (χ3v) is 2.01. The zero-order valence-electron chi connectivity index (χ0n) is 5.55. The molecule has 0 aliphatic rings. The Hall–Kier alpha value is -0.613. The molecule has 0 aliphatic heterocycles. The molecule has 0 unspecified atom stereocenters. The first-order valence-electron chi connectivity index (χ1n) is 2.57. The van der Waals surface area contributed by atoms with Gasteiger partial charge in [-0.05, 0) is 6.92 Å². The van der Waals surface area contributed by atoms with E-state index in [1.165, 1.54) is 0 Å². The molecule has 0 rings (SSSR count). The van der Waals surface area contributed by atoms with Crippen molar-refractivity contribution >= 4 is 15.7 Å². The highest BCUT2D eigenvalue weighted by atomic mass is 28.2. The maximum Gasteiger partial charge on any atom is 0.330 e. The number of carboxylic acid groups (broad SMARTS) is 1. The lowest BCUT2D eigenvalue weighted by Crippen LogP contribution is -1.99. The molecule has 0 aromatic carbocycles. The van der Waals surface area contributed by atoms with Gasteiger partial charge in [0.2, 0.25) is 0 Å². The fourth-order valence-electron chi connectivity index (χ4n) is 0.296. The van der Waals surface area contributed by atoms with Gasteiger partial charge in [-0.15, -0.1) is 0 Å². The van der Waals surface area contributed by atoms with Gasteiger partial charge < -0.3 is 9.53 Å². The van der Waals surface area contributed by atoms with Crippen LogP contribution >= 0.6 is 0 Å². The van der Waals surface area contributed by atoms with Crippen molar-refractivity contribution in [3.05, 3.63) is 11.3 Å². The third kappa shape index (κ3) is 3.93. The van der Waals surface area contributed by atoms with Gasteiger partial charge in [-0.2, -0.15) is 0 Å². The van der Waals surface area contributed by atoms with Crippen LogP contribution in [0.4, 0.5) is 0 Å². The van der Waals surface area contributed by atoms with Crippen LogP contribution in [0.2, 0.25) is 0 Å². The van der Waals surface area contributed by atoms with Gasteiger partial charge in [-0.1, -0.05) is 5.70 Å². The average Bonchev–Trinajstić information content (AvgIpc) is 1.82. The minimum absolute atomic E-state index is 0.378. The highest BCUT2D eigenvalue weighted by Gasteiger charge is 1.96. The molecule has 0 fully saturated rings. The fraction of sp³-hybridized carbons (Fsp3) is 0.400. The van der Waals surface area contributed by atoms with Crippen molar-refractivity contribution in [1.82, 2.24) is 0 Å². The van der Waals surface area contributed by atoms with Gasteiger partial charge >= 0.3 is 5.97 Å². The Morgan fingerprint density at radius 3 is 2.67 bits per heavy atom. The van der Waals surface area contributed by atoms with Crippen LogP contribution in [-0.4, -0.2) is 27.9 Å². The van der Waals surface area contributed by atoms with E-state index < -0.39 is 15.7 Å². The first-order chi connectivity index (χ1) is 4.18.